The summed E-state index contributed by atoms with van der Waals surface area (Å²) in [6, 6.07) is 31.0. The Morgan fingerprint density at radius 2 is 1.33 bits per heavy atom. The van der Waals surface area contributed by atoms with Gasteiger partial charge in [-0.3, -0.25) is 4.79 Å². The van der Waals surface area contributed by atoms with Crippen LogP contribution in [0.3, 0.4) is 0 Å². The fourth-order valence-electron chi connectivity index (χ4n) is 4.87. The standard InChI is InChI=1S/C17H11NO2.C13H12ClNO2.C6H6O.Na.H/c1-10-11-6-2-4-8-13(11)18-17-15(10)16(19)12-7-3-5-9-14(12)20-17;1-3-17-13(16)11-8(2)9-6-4-5-7-10(9)15-12(11)14;7-6-4-2-1-3-5-6;;/h2-9H,1H3;4-7H,3H2,1-2H3;1-5,7H;;/q;;;+1;-1/p-1. The molecule has 0 unspecified atom stereocenters. The zero-order valence-corrected chi connectivity index (χ0v) is 28.1. The second kappa shape index (κ2) is 15.1. The largest absolute Gasteiger partial charge is 1.00 e. The molecule has 9 heteroatoms. The van der Waals surface area contributed by atoms with Gasteiger partial charge in [-0.1, -0.05) is 90.5 Å². The summed E-state index contributed by atoms with van der Waals surface area (Å²) in [5, 5.41) is 13.5. The first-order valence-electron chi connectivity index (χ1n) is 13.9. The second-order valence-corrected chi connectivity index (χ2v) is 10.2. The van der Waals surface area contributed by atoms with E-state index in [1.807, 2.05) is 80.6 Å². The van der Waals surface area contributed by atoms with E-state index < -0.39 is 5.97 Å². The van der Waals surface area contributed by atoms with E-state index in [0.717, 1.165) is 32.9 Å². The van der Waals surface area contributed by atoms with E-state index in [4.69, 9.17) is 20.8 Å². The molecule has 7 aromatic rings. The van der Waals surface area contributed by atoms with Crippen molar-refractivity contribution < 1.29 is 50.0 Å². The quantitative estimate of drug-likeness (QED) is 0.114. The molecule has 3 aromatic heterocycles. The summed E-state index contributed by atoms with van der Waals surface area (Å²) in [6.45, 7) is 5.87. The van der Waals surface area contributed by atoms with Gasteiger partial charge in [-0.25, -0.2) is 14.8 Å². The van der Waals surface area contributed by atoms with Crippen molar-refractivity contribution in [2.45, 2.75) is 20.8 Å². The van der Waals surface area contributed by atoms with E-state index in [2.05, 4.69) is 9.97 Å². The number of esters is 1. The van der Waals surface area contributed by atoms with Gasteiger partial charge < -0.3 is 15.7 Å². The van der Waals surface area contributed by atoms with Crippen molar-refractivity contribution in [2.24, 2.45) is 0 Å². The van der Waals surface area contributed by atoms with Crippen molar-refractivity contribution >= 4 is 61.4 Å². The topological polar surface area (TPSA) is 105 Å². The van der Waals surface area contributed by atoms with Crippen molar-refractivity contribution in [3.8, 4) is 5.75 Å². The van der Waals surface area contributed by atoms with Crippen LogP contribution in [-0.4, -0.2) is 22.5 Å². The number of aryl methyl sites for hydroxylation is 2. The number of fused-ring (bicyclic) bond motifs is 4. The summed E-state index contributed by atoms with van der Waals surface area (Å²) in [5.41, 5.74) is 4.67. The summed E-state index contributed by atoms with van der Waals surface area (Å²) < 4.78 is 10.8. The van der Waals surface area contributed by atoms with Gasteiger partial charge in [0, 0.05) is 10.8 Å². The van der Waals surface area contributed by atoms with Gasteiger partial charge >= 0.3 is 35.5 Å². The van der Waals surface area contributed by atoms with E-state index in [1.54, 1.807) is 31.2 Å². The van der Waals surface area contributed by atoms with Gasteiger partial charge in [-0.05, 0) is 56.2 Å². The molecule has 0 spiro atoms. The predicted octanol–water partition coefficient (Wildman–Crippen LogP) is 5.05. The first kappa shape index (κ1) is 33.6. The molecule has 222 valence electrons. The minimum absolute atomic E-state index is 0. The average molecular weight is 628 g/mol. The molecule has 0 aliphatic rings. The predicted molar refractivity (Wildman–Crippen MR) is 174 cm³/mol. The number of para-hydroxylation sites is 4. The molecule has 0 aliphatic carbocycles. The zero-order valence-electron chi connectivity index (χ0n) is 26.3. The molecule has 0 saturated carbocycles. The molecule has 0 fully saturated rings. The van der Waals surface area contributed by atoms with Crippen molar-refractivity contribution in [1.82, 2.24) is 9.97 Å². The number of carbonyl (C=O) groups is 1. The molecule has 0 N–H and O–H groups in total. The van der Waals surface area contributed by atoms with Crippen LogP contribution < -0.4 is 40.1 Å². The van der Waals surface area contributed by atoms with Crippen LogP contribution >= 0.6 is 11.6 Å². The fourth-order valence-corrected chi connectivity index (χ4v) is 5.18. The van der Waals surface area contributed by atoms with Crippen LogP contribution in [0.5, 0.6) is 5.75 Å². The molecule has 0 aliphatic heterocycles. The average Bonchev–Trinajstić information content (AvgIpc) is 3.02. The van der Waals surface area contributed by atoms with E-state index in [-0.39, 0.29) is 47.3 Å². The molecule has 0 saturated heterocycles. The minimum atomic E-state index is -0.423. The molecule has 7 nitrogen and oxygen atoms in total. The SMILES string of the molecule is CCOC(=O)c1c(Cl)nc2ccccc2c1C.Cc1c2ccccc2nc2oc3ccccc3c(=O)c12.[H-].[Na+].[O-]c1ccccc1. The van der Waals surface area contributed by atoms with Gasteiger partial charge in [0.1, 0.15) is 16.3 Å². The van der Waals surface area contributed by atoms with Crippen LogP contribution in [0.4, 0.5) is 0 Å². The summed E-state index contributed by atoms with van der Waals surface area (Å²) in [7, 11) is 0. The van der Waals surface area contributed by atoms with Gasteiger partial charge in [0.05, 0.1) is 28.4 Å². The van der Waals surface area contributed by atoms with E-state index in [0.29, 0.717) is 34.2 Å². The molecular weight excluding hydrogens is 599 g/mol. The summed E-state index contributed by atoms with van der Waals surface area (Å²) in [6.07, 6.45) is 0. The zero-order chi connectivity index (χ0) is 31.2. The van der Waals surface area contributed by atoms with Crippen molar-refractivity contribution in [2.75, 3.05) is 6.61 Å². The molecule has 45 heavy (non-hydrogen) atoms. The third-order valence-electron chi connectivity index (χ3n) is 7.02. The van der Waals surface area contributed by atoms with Crippen molar-refractivity contribution in [3.63, 3.8) is 0 Å². The molecule has 4 aromatic carbocycles. The molecule has 0 atom stereocenters. The van der Waals surface area contributed by atoms with Gasteiger partial charge in [0.2, 0.25) is 11.1 Å². The van der Waals surface area contributed by atoms with Crippen LogP contribution in [-0.2, 0) is 4.74 Å². The van der Waals surface area contributed by atoms with Gasteiger partial charge in [-0.2, -0.15) is 0 Å². The van der Waals surface area contributed by atoms with Crippen LogP contribution in [0.1, 0.15) is 29.8 Å². The Hall–Kier alpha value is -4.27. The number of ether oxygens (including phenoxy) is 1. The Kier molecular flexibility index (Phi) is 11.3. The minimum Gasteiger partial charge on any atom is -1.00 e. The number of pyridine rings is 2. The maximum absolute atomic E-state index is 12.7. The molecule has 3 heterocycles. The summed E-state index contributed by atoms with van der Waals surface area (Å²) in [4.78, 5) is 33.1. The van der Waals surface area contributed by atoms with Crippen LogP contribution in [0, 0.1) is 13.8 Å². The maximum atomic E-state index is 12.7. The number of nitrogens with zero attached hydrogens (tertiary/aromatic N) is 2. The molecule has 0 radical (unpaired) electrons. The number of hydrogen-bond acceptors (Lipinski definition) is 7. The first-order valence-corrected chi connectivity index (χ1v) is 14.3. The number of halogens is 1. The Balaban J connectivity index is 0.000000202. The Morgan fingerprint density at radius 1 is 0.800 bits per heavy atom. The second-order valence-electron chi connectivity index (χ2n) is 9.81. The first-order chi connectivity index (χ1) is 21.3. The van der Waals surface area contributed by atoms with Crippen molar-refractivity contribution in [3.05, 3.63) is 135 Å². The van der Waals surface area contributed by atoms with Gasteiger partial charge in [0.15, 0.2) is 0 Å². The van der Waals surface area contributed by atoms with Crippen LogP contribution in [0.15, 0.2) is 112 Å². The third kappa shape index (κ3) is 7.35. The van der Waals surface area contributed by atoms with E-state index >= 15 is 0 Å². The Labute approximate surface area is 288 Å². The van der Waals surface area contributed by atoms with Crippen molar-refractivity contribution in [1.29, 1.82) is 0 Å². The number of aromatic nitrogens is 2. The van der Waals surface area contributed by atoms with E-state index in [1.165, 1.54) is 12.1 Å². The van der Waals surface area contributed by atoms with Gasteiger partial charge in [-0.15, -0.1) is 5.75 Å². The number of hydrogen-bond donors (Lipinski definition) is 0. The van der Waals surface area contributed by atoms with Crippen LogP contribution in [0.2, 0.25) is 5.15 Å². The molecular formula is C36H29ClN2NaO5-. The van der Waals surface area contributed by atoms with E-state index in [9.17, 15) is 14.7 Å². The Morgan fingerprint density at radius 3 is 1.93 bits per heavy atom. The molecule has 7 rings (SSSR count). The van der Waals surface area contributed by atoms with Gasteiger partial charge in [0.25, 0.3) is 0 Å². The smallest absolute Gasteiger partial charge is 1.00 e. The third-order valence-corrected chi connectivity index (χ3v) is 7.29. The monoisotopic (exact) mass is 627 g/mol. The number of benzene rings is 4. The summed E-state index contributed by atoms with van der Waals surface area (Å²) in [5.74, 6) is -0.351. The Bertz CT molecular complexity index is 2190. The summed E-state index contributed by atoms with van der Waals surface area (Å²) >= 11 is 6.03. The maximum Gasteiger partial charge on any atom is 1.00 e. The molecule has 0 bridgehead atoms. The number of carbonyl (C=O) groups excluding carboxylic acids is 1. The molecule has 0 amide bonds. The normalized spacial score (nSPS) is 10.4. The number of rotatable bonds is 2. The van der Waals surface area contributed by atoms with Crippen LogP contribution in [0.25, 0.3) is 43.9 Å². The fraction of sp³-hybridized carbons (Fsp3) is 0.111.